The molecule has 0 unspecified atom stereocenters. The SMILES string of the molecule is C=COCCCCCCCCCCCC.O=S(=O)(O)O. The van der Waals surface area contributed by atoms with Crippen molar-refractivity contribution in [2.24, 2.45) is 0 Å². The molecule has 0 aromatic rings. The summed E-state index contributed by atoms with van der Waals surface area (Å²) < 4.78 is 36.7. The van der Waals surface area contributed by atoms with Crippen molar-refractivity contribution in [3.05, 3.63) is 12.8 Å². The summed E-state index contributed by atoms with van der Waals surface area (Å²) in [5.41, 5.74) is 0. The van der Waals surface area contributed by atoms with E-state index >= 15 is 0 Å². The fourth-order valence-corrected chi connectivity index (χ4v) is 1.76. The van der Waals surface area contributed by atoms with Crippen molar-refractivity contribution < 1.29 is 22.3 Å². The minimum absolute atomic E-state index is 0.847. The lowest BCUT2D eigenvalue weighted by molar-refractivity contribution is 0.241. The second-order valence-corrected chi connectivity index (χ2v) is 5.56. The minimum atomic E-state index is -4.67. The molecule has 0 heterocycles. The van der Waals surface area contributed by atoms with E-state index in [1.807, 2.05) is 0 Å². The van der Waals surface area contributed by atoms with Crippen molar-refractivity contribution in [2.75, 3.05) is 6.61 Å². The zero-order chi connectivity index (χ0) is 15.7. The van der Waals surface area contributed by atoms with E-state index in [0.29, 0.717) is 0 Å². The summed E-state index contributed by atoms with van der Waals surface area (Å²) in [5, 5.41) is 0. The molecule has 0 bridgehead atoms. The first kappa shape index (κ1) is 21.7. The number of hydrogen-bond acceptors (Lipinski definition) is 3. The summed E-state index contributed by atoms with van der Waals surface area (Å²) in [6.45, 7) is 6.64. The fraction of sp³-hybridized carbons (Fsp3) is 0.857. The van der Waals surface area contributed by atoms with Crippen LogP contribution in [-0.2, 0) is 15.1 Å². The second kappa shape index (κ2) is 16.5. The minimum Gasteiger partial charge on any atom is -0.502 e. The molecule has 20 heavy (non-hydrogen) atoms. The Morgan fingerprint density at radius 2 is 1.25 bits per heavy atom. The van der Waals surface area contributed by atoms with E-state index in [4.69, 9.17) is 22.3 Å². The molecule has 0 aliphatic rings. The summed E-state index contributed by atoms with van der Waals surface area (Å²) in [7, 11) is -4.67. The van der Waals surface area contributed by atoms with Gasteiger partial charge in [0.25, 0.3) is 0 Å². The topological polar surface area (TPSA) is 83.8 Å². The Morgan fingerprint density at radius 3 is 1.60 bits per heavy atom. The smallest absolute Gasteiger partial charge is 0.394 e. The first-order valence-electron chi connectivity index (χ1n) is 7.34. The number of ether oxygens (including phenoxy) is 1. The first-order valence-corrected chi connectivity index (χ1v) is 8.74. The summed E-state index contributed by atoms with van der Waals surface area (Å²) in [6, 6.07) is 0. The standard InChI is InChI=1S/C14H28O.H2O4S/c1-3-5-6-7-8-9-10-11-12-13-14-15-4-2;1-5(2,3)4/h4H,2-3,5-14H2,1H3;(H2,1,2,3,4). The van der Waals surface area contributed by atoms with Gasteiger partial charge in [0, 0.05) is 0 Å². The maximum absolute atomic E-state index is 8.74. The molecule has 0 fully saturated rings. The van der Waals surface area contributed by atoms with E-state index in [1.165, 1.54) is 70.5 Å². The molecule has 0 saturated carbocycles. The van der Waals surface area contributed by atoms with Crippen LogP contribution in [0.15, 0.2) is 12.8 Å². The van der Waals surface area contributed by atoms with Crippen molar-refractivity contribution >= 4 is 10.4 Å². The molecule has 6 heteroatoms. The molecular formula is C14H30O5S. The zero-order valence-electron chi connectivity index (χ0n) is 12.6. The number of rotatable bonds is 12. The quantitative estimate of drug-likeness (QED) is 0.317. The molecule has 0 aromatic heterocycles. The zero-order valence-corrected chi connectivity index (χ0v) is 13.4. The molecule has 2 N–H and O–H groups in total. The van der Waals surface area contributed by atoms with Crippen LogP contribution < -0.4 is 0 Å². The summed E-state index contributed by atoms with van der Waals surface area (Å²) in [6.07, 6.45) is 15.3. The van der Waals surface area contributed by atoms with Gasteiger partial charge in [-0.15, -0.1) is 0 Å². The molecule has 0 saturated heterocycles. The van der Waals surface area contributed by atoms with Crippen LogP contribution in [0.1, 0.15) is 71.1 Å². The van der Waals surface area contributed by atoms with E-state index in [2.05, 4.69) is 13.5 Å². The monoisotopic (exact) mass is 310 g/mol. The van der Waals surface area contributed by atoms with Gasteiger partial charge < -0.3 is 4.74 Å². The third-order valence-corrected chi connectivity index (χ3v) is 2.73. The Balaban J connectivity index is 0. The molecule has 0 aliphatic heterocycles. The van der Waals surface area contributed by atoms with Crippen LogP contribution in [0.4, 0.5) is 0 Å². The normalized spacial score (nSPS) is 10.6. The van der Waals surface area contributed by atoms with Crippen molar-refractivity contribution in [3.8, 4) is 0 Å². The molecule has 0 aliphatic carbocycles. The average molecular weight is 310 g/mol. The predicted molar refractivity (Wildman–Crippen MR) is 82.2 cm³/mol. The Kier molecular flexibility index (Phi) is 17.9. The van der Waals surface area contributed by atoms with E-state index in [0.717, 1.165) is 6.61 Å². The molecular weight excluding hydrogens is 280 g/mol. The van der Waals surface area contributed by atoms with Gasteiger partial charge in [-0.1, -0.05) is 71.3 Å². The van der Waals surface area contributed by atoms with Gasteiger partial charge in [0.1, 0.15) is 0 Å². The van der Waals surface area contributed by atoms with Crippen molar-refractivity contribution in [2.45, 2.75) is 71.1 Å². The lowest BCUT2D eigenvalue weighted by Crippen LogP contribution is -1.89. The maximum Gasteiger partial charge on any atom is 0.394 e. The van der Waals surface area contributed by atoms with Gasteiger partial charge in [0.2, 0.25) is 0 Å². The highest BCUT2D eigenvalue weighted by Crippen LogP contribution is 2.10. The number of hydrogen-bond donors (Lipinski definition) is 2. The van der Waals surface area contributed by atoms with Gasteiger partial charge in [-0.25, -0.2) is 0 Å². The van der Waals surface area contributed by atoms with Crippen LogP contribution in [0.3, 0.4) is 0 Å². The summed E-state index contributed by atoms with van der Waals surface area (Å²) in [5.74, 6) is 0. The van der Waals surface area contributed by atoms with Crippen LogP contribution in [0.25, 0.3) is 0 Å². The van der Waals surface area contributed by atoms with Gasteiger partial charge in [0.05, 0.1) is 12.9 Å². The van der Waals surface area contributed by atoms with Crippen LogP contribution in [0.5, 0.6) is 0 Å². The highest BCUT2D eigenvalue weighted by atomic mass is 32.3. The molecule has 122 valence electrons. The van der Waals surface area contributed by atoms with Gasteiger partial charge in [-0.05, 0) is 6.42 Å². The molecule has 0 aromatic carbocycles. The largest absolute Gasteiger partial charge is 0.502 e. The van der Waals surface area contributed by atoms with Gasteiger partial charge >= 0.3 is 10.4 Å². The predicted octanol–water partition coefficient (Wildman–Crippen LogP) is 4.41. The van der Waals surface area contributed by atoms with Gasteiger partial charge in [-0.2, -0.15) is 8.42 Å². The first-order chi connectivity index (χ1) is 9.41. The maximum atomic E-state index is 8.74. The Hall–Kier alpha value is -0.590. The second-order valence-electron chi connectivity index (χ2n) is 4.67. The van der Waals surface area contributed by atoms with Crippen LogP contribution in [-0.4, -0.2) is 24.1 Å². The lowest BCUT2D eigenvalue weighted by Gasteiger charge is -2.02. The number of unbranched alkanes of at least 4 members (excludes halogenated alkanes) is 9. The molecule has 0 amide bonds. The lowest BCUT2D eigenvalue weighted by atomic mass is 10.1. The Bertz CT molecular complexity index is 280. The van der Waals surface area contributed by atoms with Crippen LogP contribution in [0.2, 0.25) is 0 Å². The van der Waals surface area contributed by atoms with E-state index < -0.39 is 10.4 Å². The Morgan fingerprint density at radius 1 is 0.900 bits per heavy atom. The summed E-state index contributed by atoms with van der Waals surface area (Å²) >= 11 is 0. The average Bonchev–Trinajstić information content (AvgIpc) is 2.34. The van der Waals surface area contributed by atoms with E-state index in [9.17, 15) is 0 Å². The highest BCUT2D eigenvalue weighted by molar-refractivity contribution is 7.79. The van der Waals surface area contributed by atoms with Crippen LogP contribution in [0, 0.1) is 0 Å². The molecule has 0 atom stereocenters. The molecule has 0 rings (SSSR count). The summed E-state index contributed by atoms with van der Waals surface area (Å²) in [4.78, 5) is 0. The van der Waals surface area contributed by atoms with Crippen molar-refractivity contribution in [1.82, 2.24) is 0 Å². The van der Waals surface area contributed by atoms with Crippen LogP contribution >= 0.6 is 0 Å². The van der Waals surface area contributed by atoms with E-state index in [1.54, 1.807) is 0 Å². The van der Waals surface area contributed by atoms with Crippen molar-refractivity contribution in [1.29, 1.82) is 0 Å². The third kappa shape index (κ3) is 36.0. The molecule has 5 nitrogen and oxygen atoms in total. The van der Waals surface area contributed by atoms with Gasteiger partial charge in [0.15, 0.2) is 0 Å². The highest BCUT2D eigenvalue weighted by Gasteiger charge is 1.92. The molecule has 0 radical (unpaired) electrons. The van der Waals surface area contributed by atoms with Crippen molar-refractivity contribution in [3.63, 3.8) is 0 Å². The van der Waals surface area contributed by atoms with Gasteiger partial charge in [-0.3, -0.25) is 9.11 Å². The van der Waals surface area contributed by atoms with E-state index in [-0.39, 0.29) is 0 Å². The fourth-order valence-electron chi connectivity index (χ4n) is 1.76. The Labute approximate surface area is 124 Å². The molecule has 0 spiro atoms. The third-order valence-electron chi connectivity index (χ3n) is 2.73.